The molecule has 0 saturated heterocycles. The molecule has 0 aliphatic carbocycles. The van der Waals surface area contributed by atoms with Crippen molar-refractivity contribution in [1.82, 2.24) is 10.3 Å². The van der Waals surface area contributed by atoms with Gasteiger partial charge in [-0.05, 0) is 24.6 Å². The Kier molecular flexibility index (Phi) is 5.50. The molecule has 2 rings (SSSR count). The number of amides is 1. The van der Waals surface area contributed by atoms with Crippen LogP contribution in [-0.2, 0) is 6.42 Å². The molecule has 0 aliphatic heterocycles. The predicted octanol–water partition coefficient (Wildman–Crippen LogP) is 1.73. The van der Waals surface area contributed by atoms with E-state index in [9.17, 15) is 4.79 Å². The lowest BCUT2D eigenvalue weighted by atomic mass is 10.0. The first-order chi connectivity index (χ1) is 10.2. The van der Waals surface area contributed by atoms with Gasteiger partial charge in [-0.15, -0.1) is 11.3 Å². The molecule has 5 heteroatoms. The molecule has 21 heavy (non-hydrogen) atoms. The van der Waals surface area contributed by atoms with E-state index in [1.165, 1.54) is 0 Å². The normalized spacial score (nSPS) is 9.81. The van der Waals surface area contributed by atoms with Crippen LogP contribution in [0.3, 0.4) is 0 Å². The van der Waals surface area contributed by atoms with Gasteiger partial charge in [0.15, 0.2) is 0 Å². The van der Waals surface area contributed by atoms with Crippen molar-refractivity contribution in [2.24, 2.45) is 5.73 Å². The molecule has 0 unspecified atom stereocenters. The average molecular weight is 299 g/mol. The van der Waals surface area contributed by atoms with Crippen molar-refractivity contribution in [2.45, 2.75) is 13.3 Å². The lowest BCUT2D eigenvalue weighted by Crippen LogP contribution is -2.25. The second-order valence-corrected chi connectivity index (χ2v) is 5.24. The van der Waals surface area contributed by atoms with Crippen molar-refractivity contribution in [1.29, 1.82) is 0 Å². The Morgan fingerprint density at radius 1 is 1.48 bits per heavy atom. The van der Waals surface area contributed by atoms with Crippen LogP contribution in [0, 0.1) is 18.8 Å². The number of thiazole rings is 1. The average Bonchev–Trinajstić information content (AvgIpc) is 2.99. The summed E-state index contributed by atoms with van der Waals surface area (Å²) in [4.78, 5) is 16.3. The zero-order valence-electron chi connectivity index (χ0n) is 11.8. The Bertz CT molecular complexity index is 669. The lowest BCUT2D eigenvalue weighted by Gasteiger charge is -2.06. The molecule has 1 aromatic carbocycles. The fourth-order valence-corrected chi connectivity index (χ4v) is 2.40. The molecule has 3 N–H and O–H groups in total. The highest BCUT2D eigenvalue weighted by Gasteiger charge is 2.07. The summed E-state index contributed by atoms with van der Waals surface area (Å²) in [6.45, 7) is 2.84. The summed E-state index contributed by atoms with van der Waals surface area (Å²) in [6, 6.07) is 5.51. The molecule has 0 bridgehead atoms. The van der Waals surface area contributed by atoms with Crippen molar-refractivity contribution in [3.63, 3.8) is 0 Å². The highest BCUT2D eigenvalue weighted by molar-refractivity contribution is 7.07. The van der Waals surface area contributed by atoms with Gasteiger partial charge in [0.25, 0.3) is 5.91 Å². The second kappa shape index (κ2) is 7.58. The zero-order chi connectivity index (χ0) is 15.1. The summed E-state index contributed by atoms with van der Waals surface area (Å²) in [5.74, 6) is 5.70. The first-order valence-corrected chi connectivity index (χ1v) is 7.60. The molecule has 0 fully saturated rings. The van der Waals surface area contributed by atoms with E-state index in [4.69, 9.17) is 5.73 Å². The molecule has 4 nitrogen and oxygen atoms in total. The van der Waals surface area contributed by atoms with Gasteiger partial charge in [-0.25, -0.2) is 4.98 Å². The van der Waals surface area contributed by atoms with Gasteiger partial charge in [0.1, 0.15) is 0 Å². The topological polar surface area (TPSA) is 68.0 Å². The number of aryl methyl sites for hydroxylation is 1. The highest BCUT2D eigenvalue weighted by Crippen LogP contribution is 2.10. The number of hydrogen-bond acceptors (Lipinski definition) is 4. The third-order valence-corrected chi connectivity index (χ3v) is 3.61. The Morgan fingerprint density at radius 3 is 3.05 bits per heavy atom. The van der Waals surface area contributed by atoms with E-state index >= 15 is 0 Å². The molecule has 0 radical (unpaired) electrons. The zero-order valence-corrected chi connectivity index (χ0v) is 12.7. The maximum atomic E-state index is 12.1. The Hall–Kier alpha value is -2.16. The van der Waals surface area contributed by atoms with Gasteiger partial charge in [0.2, 0.25) is 0 Å². The van der Waals surface area contributed by atoms with E-state index in [0.717, 1.165) is 23.2 Å². The Balaban J connectivity index is 1.98. The molecule has 1 aromatic heterocycles. The van der Waals surface area contributed by atoms with Gasteiger partial charge >= 0.3 is 0 Å². The number of carbonyl (C=O) groups is 1. The first-order valence-electron chi connectivity index (χ1n) is 6.65. The van der Waals surface area contributed by atoms with E-state index in [2.05, 4.69) is 22.1 Å². The number of nitrogens with two attached hydrogens (primary N) is 1. The highest BCUT2D eigenvalue weighted by atomic mass is 32.1. The van der Waals surface area contributed by atoms with Crippen molar-refractivity contribution in [3.8, 4) is 11.8 Å². The van der Waals surface area contributed by atoms with Crippen LogP contribution < -0.4 is 11.1 Å². The maximum Gasteiger partial charge on any atom is 0.251 e. The molecule has 0 saturated carbocycles. The molecular formula is C16H17N3OS. The van der Waals surface area contributed by atoms with E-state index in [1.807, 2.05) is 18.4 Å². The van der Waals surface area contributed by atoms with Crippen LogP contribution in [-0.4, -0.2) is 24.0 Å². The van der Waals surface area contributed by atoms with Crippen molar-refractivity contribution in [3.05, 3.63) is 51.5 Å². The smallest absolute Gasteiger partial charge is 0.251 e. The van der Waals surface area contributed by atoms with Crippen molar-refractivity contribution >= 4 is 17.2 Å². The Morgan fingerprint density at radius 2 is 2.33 bits per heavy atom. The molecule has 1 heterocycles. The van der Waals surface area contributed by atoms with Gasteiger partial charge in [0.05, 0.1) is 17.7 Å². The summed E-state index contributed by atoms with van der Waals surface area (Å²) in [6.07, 6.45) is 0.737. The Labute approximate surface area is 128 Å². The van der Waals surface area contributed by atoms with Crippen molar-refractivity contribution < 1.29 is 4.79 Å². The third-order valence-electron chi connectivity index (χ3n) is 2.98. The van der Waals surface area contributed by atoms with Crippen LogP contribution in [0.25, 0.3) is 0 Å². The monoisotopic (exact) mass is 299 g/mol. The quantitative estimate of drug-likeness (QED) is 0.845. The second-order valence-electron chi connectivity index (χ2n) is 4.52. The number of nitrogens with zero attached hydrogens (tertiary/aromatic N) is 1. The summed E-state index contributed by atoms with van der Waals surface area (Å²) in [7, 11) is 0. The minimum Gasteiger partial charge on any atom is -0.352 e. The van der Waals surface area contributed by atoms with Crippen LogP contribution >= 0.6 is 11.3 Å². The van der Waals surface area contributed by atoms with E-state index in [-0.39, 0.29) is 5.91 Å². The van der Waals surface area contributed by atoms with Crippen molar-refractivity contribution in [2.75, 3.05) is 13.1 Å². The molecule has 0 aliphatic rings. The van der Waals surface area contributed by atoms with Crippen LogP contribution in [0.15, 0.2) is 29.1 Å². The van der Waals surface area contributed by atoms with Gasteiger partial charge in [-0.1, -0.05) is 17.9 Å². The fraction of sp³-hybridized carbons (Fsp3) is 0.250. The summed E-state index contributed by atoms with van der Waals surface area (Å²) in [5, 5.41) is 4.88. The predicted molar refractivity (Wildman–Crippen MR) is 85.3 cm³/mol. The fourth-order valence-electron chi connectivity index (χ4n) is 1.81. The largest absolute Gasteiger partial charge is 0.352 e. The first kappa shape index (κ1) is 15.2. The van der Waals surface area contributed by atoms with Crippen LogP contribution in [0.5, 0.6) is 0 Å². The van der Waals surface area contributed by atoms with E-state index in [1.54, 1.807) is 29.0 Å². The van der Waals surface area contributed by atoms with Crippen LogP contribution in [0.2, 0.25) is 0 Å². The summed E-state index contributed by atoms with van der Waals surface area (Å²) < 4.78 is 0. The number of aromatic nitrogens is 1. The number of hydrogen-bond donors (Lipinski definition) is 2. The van der Waals surface area contributed by atoms with Gasteiger partial charge < -0.3 is 11.1 Å². The molecule has 1 amide bonds. The standard InChI is InChI=1S/C16H17N3OS/c1-12-4-5-14(9-13(12)3-2-7-17)16(20)18-8-6-15-10-21-11-19-15/h4-5,9-11H,6-8,17H2,1H3,(H,18,20). The van der Waals surface area contributed by atoms with E-state index < -0.39 is 0 Å². The summed E-state index contributed by atoms with van der Waals surface area (Å²) >= 11 is 1.56. The SMILES string of the molecule is Cc1ccc(C(=O)NCCc2cscn2)cc1C#CCN. The minimum atomic E-state index is -0.0963. The maximum absolute atomic E-state index is 12.1. The molecule has 108 valence electrons. The van der Waals surface area contributed by atoms with Crippen LogP contribution in [0.1, 0.15) is 27.2 Å². The summed E-state index contributed by atoms with van der Waals surface area (Å²) in [5.41, 5.74) is 10.7. The molecule has 0 atom stereocenters. The molecular weight excluding hydrogens is 282 g/mol. The number of benzene rings is 1. The number of rotatable bonds is 4. The lowest BCUT2D eigenvalue weighted by molar-refractivity contribution is 0.0954. The van der Waals surface area contributed by atoms with Crippen LogP contribution in [0.4, 0.5) is 0 Å². The minimum absolute atomic E-state index is 0.0963. The van der Waals surface area contributed by atoms with E-state index in [0.29, 0.717) is 18.7 Å². The molecule has 2 aromatic rings. The molecule has 0 spiro atoms. The number of carbonyl (C=O) groups excluding carboxylic acids is 1. The third kappa shape index (κ3) is 4.42. The van der Waals surface area contributed by atoms with Gasteiger partial charge in [0, 0.05) is 29.5 Å². The number of nitrogens with one attached hydrogen (secondary N) is 1. The van der Waals surface area contributed by atoms with Gasteiger partial charge in [-0.2, -0.15) is 0 Å². The van der Waals surface area contributed by atoms with Gasteiger partial charge in [-0.3, -0.25) is 4.79 Å².